The largest absolute Gasteiger partial charge is 0.497 e. The Kier molecular flexibility index (Phi) is 5.36. The molecule has 0 radical (unpaired) electrons. The van der Waals surface area contributed by atoms with Crippen molar-refractivity contribution < 1.29 is 19.1 Å². The molecule has 1 aliphatic heterocycles. The van der Waals surface area contributed by atoms with E-state index in [2.05, 4.69) is 15.7 Å². The number of hydrogen-bond acceptors (Lipinski definition) is 6. The molecule has 4 rings (SSSR count). The molecule has 1 aliphatic rings. The number of urea groups is 1. The van der Waals surface area contributed by atoms with Crippen LogP contribution in [0, 0.1) is 6.92 Å². The number of ether oxygens (including phenoxy) is 1. The number of fused-ring (bicyclic) bond motifs is 1. The van der Waals surface area contributed by atoms with E-state index in [4.69, 9.17) is 4.74 Å². The Balaban J connectivity index is 1.66. The smallest absolute Gasteiger partial charge is 0.344 e. The van der Waals surface area contributed by atoms with Gasteiger partial charge in [0.1, 0.15) is 22.5 Å². The van der Waals surface area contributed by atoms with Crippen LogP contribution in [0.25, 0.3) is 11.0 Å². The zero-order valence-electron chi connectivity index (χ0n) is 18.6. The molecule has 0 saturated carbocycles. The van der Waals surface area contributed by atoms with Gasteiger partial charge in [-0.25, -0.2) is 9.78 Å². The predicted molar refractivity (Wildman–Crippen MR) is 120 cm³/mol. The Hall–Kier alpha value is -4.21. The number of methoxy groups -OCH3 is 1. The number of benzene rings is 1. The number of rotatable bonds is 5. The summed E-state index contributed by atoms with van der Waals surface area (Å²) in [5.41, 5.74) is 1.86. The van der Waals surface area contributed by atoms with E-state index < -0.39 is 28.8 Å². The Morgan fingerprint density at radius 2 is 1.85 bits per heavy atom. The maximum Gasteiger partial charge on any atom is 0.344 e. The van der Waals surface area contributed by atoms with Crippen molar-refractivity contribution in [1.29, 1.82) is 0 Å². The summed E-state index contributed by atoms with van der Waals surface area (Å²) in [6, 6.07) is 9.13. The van der Waals surface area contributed by atoms with E-state index in [1.54, 1.807) is 41.0 Å². The fraction of sp³-hybridized carbons (Fsp3) is 0.261. The van der Waals surface area contributed by atoms with Crippen molar-refractivity contribution in [3.63, 3.8) is 0 Å². The van der Waals surface area contributed by atoms with Crippen molar-refractivity contribution in [2.24, 2.45) is 0 Å². The Morgan fingerprint density at radius 1 is 1.15 bits per heavy atom. The summed E-state index contributed by atoms with van der Waals surface area (Å²) >= 11 is 0. The quantitative estimate of drug-likeness (QED) is 0.573. The van der Waals surface area contributed by atoms with Crippen LogP contribution >= 0.6 is 0 Å². The fourth-order valence-corrected chi connectivity index (χ4v) is 3.79. The van der Waals surface area contributed by atoms with Gasteiger partial charge >= 0.3 is 6.03 Å². The number of nitrogens with zero attached hydrogens (tertiary/aromatic N) is 3. The van der Waals surface area contributed by atoms with Gasteiger partial charge in [-0.2, -0.15) is 5.01 Å². The number of aryl methyl sites for hydroxylation is 2. The van der Waals surface area contributed by atoms with Crippen molar-refractivity contribution in [1.82, 2.24) is 25.3 Å². The first-order valence-electron chi connectivity index (χ1n) is 10.3. The van der Waals surface area contributed by atoms with Gasteiger partial charge in [0.15, 0.2) is 0 Å². The average molecular weight is 449 g/mol. The number of carbonyl (C=O) groups excluding carboxylic acids is 3. The number of aromatic nitrogens is 2. The molecule has 10 nitrogen and oxygen atoms in total. The van der Waals surface area contributed by atoms with Gasteiger partial charge in [0, 0.05) is 18.4 Å². The summed E-state index contributed by atoms with van der Waals surface area (Å²) in [5, 5.41) is 3.47. The predicted octanol–water partition coefficient (Wildman–Crippen LogP) is 1.85. The number of pyridine rings is 2. The lowest BCUT2D eigenvalue weighted by molar-refractivity contribution is -0.132. The first kappa shape index (κ1) is 22.0. The third-order valence-electron chi connectivity index (χ3n) is 5.72. The number of carbonyl (C=O) groups is 3. The summed E-state index contributed by atoms with van der Waals surface area (Å²) in [6.45, 7) is 5.66. The molecule has 2 N–H and O–H groups in total. The van der Waals surface area contributed by atoms with Crippen LogP contribution in [0.4, 0.5) is 4.79 Å². The van der Waals surface area contributed by atoms with Gasteiger partial charge in [-0.05, 0) is 50.6 Å². The van der Waals surface area contributed by atoms with Gasteiger partial charge in [0.2, 0.25) is 5.43 Å². The van der Waals surface area contributed by atoms with Crippen molar-refractivity contribution in [3.05, 3.63) is 69.6 Å². The Bertz CT molecular complexity index is 1350. The molecule has 1 fully saturated rings. The van der Waals surface area contributed by atoms with Crippen molar-refractivity contribution >= 4 is 28.9 Å². The van der Waals surface area contributed by atoms with Crippen LogP contribution in [0.3, 0.4) is 0 Å². The van der Waals surface area contributed by atoms with Gasteiger partial charge in [-0.15, -0.1) is 0 Å². The van der Waals surface area contributed by atoms with Crippen molar-refractivity contribution in [2.45, 2.75) is 32.9 Å². The normalized spacial score (nSPS) is 17.9. The molecule has 1 atom stereocenters. The van der Waals surface area contributed by atoms with Gasteiger partial charge in [-0.1, -0.05) is 12.1 Å². The molecule has 1 saturated heterocycles. The molecule has 33 heavy (non-hydrogen) atoms. The first-order valence-corrected chi connectivity index (χ1v) is 10.3. The highest BCUT2D eigenvalue weighted by Gasteiger charge is 2.50. The molecule has 0 spiro atoms. The number of nitrogens with one attached hydrogen (secondary N) is 2. The number of amides is 4. The minimum Gasteiger partial charge on any atom is -0.497 e. The van der Waals surface area contributed by atoms with Crippen LogP contribution in [-0.4, -0.2) is 39.5 Å². The zero-order chi connectivity index (χ0) is 23.9. The van der Waals surface area contributed by atoms with E-state index >= 15 is 0 Å². The lowest BCUT2D eigenvalue weighted by Gasteiger charge is -2.22. The van der Waals surface area contributed by atoms with Crippen LogP contribution in [0.2, 0.25) is 0 Å². The Labute approximate surface area is 189 Å². The second-order valence-electron chi connectivity index (χ2n) is 7.85. The van der Waals surface area contributed by atoms with Crippen LogP contribution in [0.5, 0.6) is 5.75 Å². The van der Waals surface area contributed by atoms with E-state index in [-0.39, 0.29) is 10.9 Å². The maximum absolute atomic E-state index is 13.1. The van der Waals surface area contributed by atoms with Crippen LogP contribution in [-0.2, 0) is 16.9 Å². The van der Waals surface area contributed by atoms with Crippen LogP contribution in [0.15, 0.2) is 47.4 Å². The summed E-state index contributed by atoms with van der Waals surface area (Å²) in [4.78, 5) is 56.0. The molecule has 170 valence electrons. The number of hydrazine groups is 1. The number of hydrogen-bond donors (Lipinski definition) is 2. The third-order valence-corrected chi connectivity index (χ3v) is 5.72. The fourth-order valence-electron chi connectivity index (χ4n) is 3.79. The summed E-state index contributed by atoms with van der Waals surface area (Å²) in [5.74, 6) is -0.954. The second kappa shape index (κ2) is 8.05. The lowest BCUT2D eigenvalue weighted by atomic mass is 9.92. The molecule has 1 aromatic carbocycles. The van der Waals surface area contributed by atoms with E-state index in [1.807, 2.05) is 13.8 Å². The standard InChI is InChI=1S/C23H23N5O5/c1-5-27-12-17(18(29)16-11-6-13(2)24-19(16)27)20(30)26-28-21(31)23(3,25-22(28)32)14-7-9-15(33-4)10-8-14/h6-12H,5H2,1-4H3,(H,25,32)(H,26,30)/t23-/m1/s1. The molecule has 4 amide bonds. The topological polar surface area (TPSA) is 123 Å². The molecule has 0 unspecified atom stereocenters. The van der Waals surface area contributed by atoms with E-state index in [0.717, 1.165) is 5.69 Å². The molecule has 2 aromatic heterocycles. The molecule has 10 heteroatoms. The van der Waals surface area contributed by atoms with Gasteiger partial charge in [0.25, 0.3) is 11.8 Å². The van der Waals surface area contributed by atoms with E-state index in [9.17, 15) is 19.2 Å². The molecular weight excluding hydrogens is 426 g/mol. The minimum atomic E-state index is -1.40. The van der Waals surface area contributed by atoms with E-state index in [1.165, 1.54) is 20.2 Å². The summed E-state index contributed by atoms with van der Waals surface area (Å²) < 4.78 is 6.80. The second-order valence-corrected chi connectivity index (χ2v) is 7.85. The van der Waals surface area contributed by atoms with Crippen LogP contribution < -0.4 is 20.9 Å². The summed E-state index contributed by atoms with van der Waals surface area (Å²) in [6.07, 6.45) is 1.38. The maximum atomic E-state index is 13.1. The van der Waals surface area contributed by atoms with Crippen LogP contribution in [0.1, 0.15) is 35.5 Å². The SMILES string of the molecule is CCn1cc(C(=O)NN2C(=O)N[C@](C)(c3ccc(OC)cc3)C2=O)c(=O)c2ccc(C)nc21. The number of imide groups is 1. The highest BCUT2D eigenvalue weighted by molar-refractivity contribution is 6.09. The first-order chi connectivity index (χ1) is 15.7. The van der Waals surface area contributed by atoms with Crippen molar-refractivity contribution in [3.8, 4) is 5.75 Å². The van der Waals surface area contributed by atoms with E-state index in [0.29, 0.717) is 28.5 Å². The lowest BCUT2D eigenvalue weighted by Crippen LogP contribution is -2.48. The highest BCUT2D eigenvalue weighted by Crippen LogP contribution is 2.29. The minimum absolute atomic E-state index is 0.200. The van der Waals surface area contributed by atoms with Gasteiger partial charge in [0.05, 0.1) is 12.5 Å². The molecule has 3 aromatic rings. The molecule has 0 aliphatic carbocycles. The zero-order valence-corrected chi connectivity index (χ0v) is 18.6. The molecule has 3 heterocycles. The molecular formula is C23H23N5O5. The Morgan fingerprint density at radius 3 is 2.48 bits per heavy atom. The third kappa shape index (κ3) is 3.59. The van der Waals surface area contributed by atoms with Crippen molar-refractivity contribution in [2.75, 3.05) is 7.11 Å². The monoisotopic (exact) mass is 449 g/mol. The van der Waals surface area contributed by atoms with Gasteiger partial charge < -0.3 is 14.6 Å². The van der Waals surface area contributed by atoms with Gasteiger partial charge in [-0.3, -0.25) is 19.8 Å². The highest BCUT2D eigenvalue weighted by atomic mass is 16.5. The summed E-state index contributed by atoms with van der Waals surface area (Å²) in [7, 11) is 1.52. The molecule has 0 bridgehead atoms. The average Bonchev–Trinajstić information content (AvgIpc) is 3.03.